The number of fused-ring (bicyclic) bond motifs is 7. The van der Waals surface area contributed by atoms with Crippen LogP contribution in [0.3, 0.4) is 0 Å². The summed E-state index contributed by atoms with van der Waals surface area (Å²) in [6.07, 6.45) is 13.2. The predicted octanol–water partition coefficient (Wildman–Crippen LogP) is 8.37. The van der Waals surface area contributed by atoms with Crippen LogP contribution in [-0.4, -0.2) is 76.8 Å². The van der Waals surface area contributed by atoms with Gasteiger partial charge in [0.25, 0.3) is 0 Å². The summed E-state index contributed by atoms with van der Waals surface area (Å²) in [6, 6.07) is 4.02. The van der Waals surface area contributed by atoms with Gasteiger partial charge in [0.1, 0.15) is 6.10 Å². The molecule has 1 aromatic heterocycles. The number of amides is 1. The third kappa shape index (κ3) is 7.45. The number of ketones is 1. The van der Waals surface area contributed by atoms with Gasteiger partial charge in [-0.05, 0) is 136 Å². The maximum Gasteiger partial charge on any atom is 0.309 e. The summed E-state index contributed by atoms with van der Waals surface area (Å²) in [7, 11) is 3.63. The number of aliphatic carboxylic acids is 1. The number of ether oxygens (including phenoxy) is 1. The number of hydrogen-bond acceptors (Lipinski definition) is 7. The van der Waals surface area contributed by atoms with E-state index in [9.17, 15) is 24.3 Å². The molecule has 4 saturated carbocycles. The molecule has 5 aliphatic carbocycles. The highest BCUT2D eigenvalue weighted by Crippen LogP contribution is 2.73. The number of carboxylic acids is 1. The minimum atomic E-state index is -1.16. The normalized spacial score (nSPS) is 34.1. The van der Waals surface area contributed by atoms with Crippen LogP contribution in [0.4, 0.5) is 0 Å². The lowest BCUT2D eigenvalue weighted by atomic mass is 9.36. The number of Topliss-reactive ketones (excluding diaryl/α,β-unsaturated/α-hetero) is 1. The van der Waals surface area contributed by atoms with Gasteiger partial charge in [-0.3, -0.25) is 29.1 Å². The highest BCUT2D eigenvalue weighted by atomic mass is 16.5. The molecule has 4 fully saturated rings. The lowest BCUT2D eigenvalue weighted by Crippen LogP contribution is -2.63. The van der Waals surface area contributed by atoms with Gasteiger partial charge in [-0.2, -0.15) is 0 Å². The van der Waals surface area contributed by atoms with Crippen LogP contribution < -0.4 is 0 Å². The van der Waals surface area contributed by atoms with Crippen molar-refractivity contribution in [3.05, 3.63) is 41.2 Å². The molecule has 9 heteroatoms. The zero-order valence-corrected chi connectivity index (χ0v) is 35.5. The van der Waals surface area contributed by atoms with E-state index in [1.807, 2.05) is 26.4 Å². The second-order valence-corrected chi connectivity index (χ2v) is 20.7. The number of carbonyl (C=O) groups is 4. The van der Waals surface area contributed by atoms with E-state index in [1.54, 1.807) is 24.9 Å². The van der Waals surface area contributed by atoms with E-state index in [4.69, 9.17) is 4.74 Å². The Morgan fingerprint density at radius 1 is 0.982 bits per heavy atom. The van der Waals surface area contributed by atoms with Gasteiger partial charge in [-0.25, -0.2) is 0 Å². The number of carboxylic acid groups (broad SMARTS) is 1. The van der Waals surface area contributed by atoms with Crippen LogP contribution in [0.1, 0.15) is 132 Å². The van der Waals surface area contributed by atoms with Gasteiger partial charge < -0.3 is 14.7 Å². The van der Waals surface area contributed by atoms with Gasteiger partial charge in [0.2, 0.25) is 5.91 Å². The molecule has 0 radical (unpaired) electrons. The fourth-order valence-electron chi connectivity index (χ4n) is 13.2. The molecule has 0 aliphatic heterocycles. The van der Waals surface area contributed by atoms with E-state index < -0.39 is 17.4 Å². The largest absolute Gasteiger partial charge is 0.481 e. The standard InChI is InChI=1S/C46H69N3O6/c1-29(2)39-33(50)24-46(21-23-49(28-37(51)48(9)10)27-30-12-11-22-47-26-30)20-15-32-31(40(39)46)13-14-35-44(32,7)18-16-34-43(5,6)36(17-19-45(34,35)8)55-38(52)25-42(3,4)41(53)54/h11-12,22,26,29,31-32,34-36H,13-21,23-25,27-28H2,1-10H3,(H,53,54). The van der Waals surface area contributed by atoms with E-state index in [2.05, 4.69) is 57.5 Å². The third-order valence-corrected chi connectivity index (χ3v) is 16.0. The molecule has 8 atom stereocenters. The van der Waals surface area contributed by atoms with Crippen LogP contribution in [0.5, 0.6) is 0 Å². The summed E-state index contributed by atoms with van der Waals surface area (Å²) in [4.78, 5) is 60.3. The summed E-state index contributed by atoms with van der Waals surface area (Å²) in [5, 5.41) is 9.62. The first-order valence-electron chi connectivity index (χ1n) is 21.2. The fraction of sp³-hybridized carbons (Fsp3) is 0.761. The number of esters is 1. The lowest BCUT2D eigenvalue weighted by Gasteiger charge is -2.69. The number of nitrogens with zero attached hydrogens (tertiary/aromatic N) is 3. The molecule has 8 unspecified atom stereocenters. The Kier molecular flexibility index (Phi) is 11.4. The molecule has 0 aromatic carbocycles. The molecule has 55 heavy (non-hydrogen) atoms. The van der Waals surface area contributed by atoms with E-state index in [-0.39, 0.29) is 46.0 Å². The quantitative estimate of drug-likeness (QED) is 0.212. The van der Waals surface area contributed by atoms with Crippen LogP contribution in [0.25, 0.3) is 0 Å². The molecule has 9 nitrogen and oxygen atoms in total. The van der Waals surface area contributed by atoms with Crippen LogP contribution >= 0.6 is 0 Å². The number of likely N-dealkylation sites (N-methyl/N-ethyl adjacent to an activating group) is 1. The van der Waals surface area contributed by atoms with Crippen LogP contribution in [-0.2, 0) is 30.5 Å². The Bertz CT molecular complexity index is 1680. The molecule has 1 N–H and O–H groups in total. The van der Waals surface area contributed by atoms with Crippen molar-refractivity contribution in [3.63, 3.8) is 0 Å². The summed E-state index contributed by atoms with van der Waals surface area (Å²) >= 11 is 0. The van der Waals surface area contributed by atoms with Gasteiger partial charge in [0.15, 0.2) is 5.78 Å². The number of aromatic nitrogens is 1. The molecule has 1 amide bonds. The number of carbonyl (C=O) groups excluding carboxylic acids is 3. The highest BCUT2D eigenvalue weighted by Gasteiger charge is 2.66. The minimum absolute atomic E-state index is 0.0825. The van der Waals surface area contributed by atoms with Crippen molar-refractivity contribution in [1.29, 1.82) is 0 Å². The molecule has 0 bridgehead atoms. The summed E-state index contributed by atoms with van der Waals surface area (Å²) < 4.78 is 6.17. The second kappa shape index (κ2) is 15.0. The first-order chi connectivity index (χ1) is 25.7. The Hall–Kier alpha value is -3.07. The van der Waals surface area contributed by atoms with E-state index in [0.717, 1.165) is 75.5 Å². The van der Waals surface area contributed by atoms with Crippen molar-refractivity contribution in [1.82, 2.24) is 14.8 Å². The number of allylic oxidation sites excluding steroid dienone is 2. The zero-order chi connectivity index (χ0) is 40.3. The van der Waals surface area contributed by atoms with E-state index in [1.165, 1.54) is 5.57 Å². The minimum Gasteiger partial charge on any atom is -0.481 e. The van der Waals surface area contributed by atoms with Crippen LogP contribution in [0.15, 0.2) is 35.7 Å². The first kappa shape index (κ1) is 41.6. The van der Waals surface area contributed by atoms with Gasteiger partial charge in [0, 0.05) is 50.3 Å². The first-order valence-corrected chi connectivity index (χ1v) is 21.2. The number of rotatable bonds is 12. The molecule has 1 heterocycles. The number of pyridine rings is 1. The summed E-state index contributed by atoms with van der Waals surface area (Å²) in [5.74, 6) is 1.07. The van der Waals surface area contributed by atoms with Crippen molar-refractivity contribution in [3.8, 4) is 0 Å². The molecule has 0 saturated heterocycles. The van der Waals surface area contributed by atoms with Crippen LogP contribution in [0, 0.1) is 56.7 Å². The molecular weight excluding hydrogens is 691 g/mol. The second-order valence-electron chi connectivity index (χ2n) is 20.7. The zero-order valence-electron chi connectivity index (χ0n) is 35.5. The maximum absolute atomic E-state index is 14.1. The molecule has 5 aliphatic rings. The average Bonchev–Trinajstić information content (AvgIpc) is 3.41. The summed E-state index contributed by atoms with van der Waals surface area (Å²) in [5.41, 5.74) is 2.39. The Labute approximate surface area is 330 Å². The van der Waals surface area contributed by atoms with Crippen molar-refractivity contribution < 1.29 is 29.0 Å². The monoisotopic (exact) mass is 760 g/mol. The van der Waals surface area contributed by atoms with Gasteiger partial charge in [-0.1, -0.05) is 53.2 Å². The van der Waals surface area contributed by atoms with Gasteiger partial charge >= 0.3 is 11.9 Å². The van der Waals surface area contributed by atoms with Crippen molar-refractivity contribution in [2.24, 2.45) is 56.7 Å². The van der Waals surface area contributed by atoms with Crippen LogP contribution in [0.2, 0.25) is 0 Å². The Morgan fingerprint density at radius 2 is 1.69 bits per heavy atom. The SMILES string of the molecule is CC(C)C1=C2C3CCC4C(C)(CCC5C(C)(C)C(OC(=O)CC(C)(C)C(=O)O)CCC54C)C3CCC2(CCN(CC(=O)N(C)C)Cc2cccnc2)CC1=O. The molecule has 0 spiro atoms. The summed E-state index contributed by atoms with van der Waals surface area (Å²) in [6.45, 7) is 19.0. The predicted molar refractivity (Wildman–Crippen MR) is 214 cm³/mol. The average molecular weight is 760 g/mol. The van der Waals surface area contributed by atoms with E-state index >= 15 is 0 Å². The van der Waals surface area contributed by atoms with Crippen molar-refractivity contribution in [2.45, 2.75) is 139 Å². The van der Waals surface area contributed by atoms with E-state index in [0.29, 0.717) is 49.0 Å². The highest BCUT2D eigenvalue weighted by molar-refractivity contribution is 6.00. The van der Waals surface area contributed by atoms with Crippen molar-refractivity contribution >= 4 is 23.6 Å². The molecular formula is C46H69N3O6. The number of hydrogen-bond donors (Lipinski definition) is 1. The van der Waals surface area contributed by atoms with Gasteiger partial charge in [0.05, 0.1) is 18.4 Å². The topological polar surface area (TPSA) is 117 Å². The molecule has 1 aromatic rings. The Balaban J connectivity index is 1.24. The smallest absolute Gasteiger partial charge is 0.309 e. The maximum atomic E-state index is 14.1. The fourth-order valence-corrected chi connectivity index (χ4v) is 13.2. The molecule has 6 rings (SSSR count). The Morgan fingerprint density at radius 3 is 2.33 bits per heavy atom. The molecule has 304 valence electrons. The van der Waals surface area contributed by atoms with Crippen molar-refractivity contribution in [2.75, 3.05) is 27.2 Å². The third-order valence-electron chi connectivity index (χ3n) is 16.0. The van der Waals surface area contributed by atoms with Gasteiger partial charge in [-0.15, -0.1) is 0 Å². The lowest BCUT2D eigenvalue weighted by molar-refractivity contribution is -0.214.